The molecule has 0 bridgehead atoms. The van der Waals surface area contributed by atoms with Gasteiger partial charge in [-0.3, -0.25) is 4.68 Å². The van der Waals surface area contributed by atoms with Crippen LogP contribution in [0.15, 0.2) is 12.4 Å². The predicted octanol–water partition coefficient (Wildman–Crippen LogP) is 1.25. The standard InChI is InChI=1S/C10H17N3O/c1-8(11)9-6-12-13(7-9)10-2-4-14-5-3-10/h6-8,10H,2-5,11H2,1H3/t8-/m1/s1. The Bertz CT molecular complexity index is 289. The van der Waals surface area contributed by atoms with Gasteiger partial charge < -0.3 is 10.5 Å². The molecule has 2 rings (SSSR count). The van der Waals surface area contributed by atoms with Crippen LogP contribution in [-0.2, 0) is 4.74 Å². The van der Waals surface area contributed by atoms with Crippen molar-refractivity contribution in [2.75, 3.05) is 13.2 Å². The lowest BCUT2D eigenvalue weighted by Crippen LogP contribution is -2.19. The maximum absolute atomic E-state index is 5.78. The van der Waals surface area contributed by atoms with Gasteiger partial charge in [-0.15, -0.1) is 0 Å². The first-order valence-electron chi connectivity index (χ1n) is 5.15. The number of nitrogens with zero attached hydrogens (tertiary/aromatic N) is 2. The van der Waals surface area contributed by atoms with E-state index in [0.29, 0.717) is 6.04 Å². The fraction of sp³-hybridized carbons (Fsp3) is 0.700. The van der Waals surface area contributed by atoms with Crippen LogP contribution in [0.3, 0.4) is 0 Å². The highest BCUT2D eigenvalue weighted by Crippen LogP contribution is 2.21. The zero-order valence-corrected chi connectivity index (χ0v) is 8.52. The number of hydrogen-bond acceptors (Lipinski definition) is 3. The quantitative estimate of drug-likeness (QED) is 0.772. The Balaban J connectivity index is 2.07. The summed E-state index contributed by atoms with van der Waals surface area (Å²) in [5.41, 5.74) is 6.89. The molecule has 4 nitrogen and oxygen atoms in total. The molecule has 0 amide bonds. The van der Waals surface area contributed by atoms with E-state index in [0.717, 1.165) is 31.6 Å². The fourth-order valence-corrected chi connectivity index (χ4v) is 1.74. The van der Waals surface area contributed by atoms with Crippen LogP contribution in [0.25, 0.3) is 0 Å². The number of rotatable bonds is 2. The van der Waals surface area contributed by atoms with Crippen LogP contribution in [0, 0.1) is 0 Å². The second-order valence-corrected chi connectivity index (χ2v) is 3.89. The Hall–Kier alpha value is -0.870. The summed E-state index contributed by atoms with van der Waals surface area (Å²) >= 11 is 0. The van der Waals surface area contributed by atoms with E-state index < -0.39 is 0 Å². The van der Waals surface area contributed by atoms with Gasteiger partial charge in [0, 0.05) is 31.0 Å². The lowest BCUT2D eigenvalue weighted by atomic mass is 10.1. The summed E-state index contributed by atoms with van der Waals surface area (Å²) < 4.78 is 7.34. The van der Waals surface area contributed by atoms with Crippen molar-refractivity contribution in [3.8, 4) is 0 Å². The van der Waals surface area contributed by atoms with Crippen LogP contribution >= 0.6 is 0 Å². The number of ether oxygens (including phenoxy) is 1. The largest absolute Gasteiger partial charge is 0.381 e. The molecule has 1 aliphatic heterocycles. The van der Waals surface area contributed by atoms with Gasteiger partial charge in [0.2, 0.25) is 0 Å². The summed E-state index contributed by atoms with van der Waals surface area (Å²) in [6, 6.07) is 0.569. The molecule has 1 saturated heterocycles. The first-order valence-corrected chi connectivity index (χ1v) is 5.15. The van der Waals surface area contributed by atoms with Gasteiger partial charge in [-0.2, -0.15) is 5.10 Å². The van der Waals surface area contributed by atoms with Gasteiger partial charge in [0.15, 0.2) is 0 Å². The van der Waals surface area contributed by atoms with Crippen LogP contribution in [0.5, 0.6) is 0 Å². The van der Waals surface area contributed by atoms with Crippen molar-refractivity contribution in [3.05, 3.63) is 18.0 Å². The van der Waals surface area contributed by atoms with Gasteiger partial charge >= 0.3 is 0 Å². The van der Waals surface area contributed by atoms with Crippen molar-refractivity contribution in [1.29, 1.82) is 0 Å². The molecule has 1 atom stereocenters. The molecule has 2 N–H and O–H groups in total. The van der Waals surface area contributed by atoms with Gasteiger partial charge in [0.1, 0.15) is 0 Å². The highest BCUT2D eigenvalue weighted by molar-refractivity contribution is 5.08. The van der Waals surface area contributed by atoms with Crippen molar-refractivity contribution in [2.24, 2.45) is 5.73 Å². The monoisotopic (exact) mass is 195 g/mol. The molecule has 2 heterocycles. The third kappa shape index (κ3) is 1.96. The molecule has 78 valence electrons. The van der Waals surface area contributed by atoms with Crippen LogP contribution in [-0.4, -0.2) is 23.0 Å². The van der Waals surface area contributed by atoms with Crippen LogP contribution < -0.4 is 5.73 Å². The molecule has 1 aliphatic rings. The molecule has 0 radical (unpaired) electrons. The minimum atomic E-state index is 0.0728. The highest BCUT2D eigenvalue weighted by atomic mass is 16.5. The molecule has 0 spiro atoms. The molecule has 1 aromatic heterocycles. The van der Waals surface area contributed by atoms with Crippen molar-refractivity contribution in [3.63, 3.8) is 0 Å². The summed E-state index contributed by atoms with van der Waals surface area (Å²) in [6.07, 6.45) is 6.03. The smallest absolute Gasteiger partial charge is 0.0563 e. The van der Waals surface area contributed by atoms with E-state index in [1.165, 1.54) is 0 Å². The topological polar surface area (TPSA) is 53.1 Å². The minimum absolute atomic E-state index is 0.0728. The average molecular weight is 195 g/mol. The fourth-order valence-electron chi connectivity index (χ4n) is 1.74. The zero-order valence-electron chi connectivity index (χ0n) is 8.52. The molecular weight excluding hydrogens is 178 g/mol. The van der Waals surface area contributed by atoms with Crippen molar-refractivity contribution in [1.82, 2.24) is 9.78 Å². The summed E-state index contributed by atoms with van der Waals surface area (Å²) in [6.45, 7) is 3.67. The predicted molar refractivity (Wildman–Crippen MR) is 53.9 cm³/mol. The Morgan fingerprint density at radius 1 is 1.57 bits per heavy atom. The maximum Gasteiger partial charge on any atom is 0.0563 e. The second-order valence-electron chi connectivity index (χ2n) is 3.89. The van der Waals surface area contributed by atoms with E-state index in [-0.39, 0.29) is 6.04 Å². The normalized spacial score (nSPS) is 21.0. The summed E-state index contributed by atoms with van der Waals surface area (Å²) in [5, 5.41) is 4.34. The molecule has 4 heteroatoms. The third-order valence-electron chi connectivity index (χ3n) is 2.71. The number of aromatic nitrogens is 2. The lowest BCUT2D eigenvalue weighted by molar-refractivity contribution is 0.0662. The van der Waals surface area contributed by atoms with Gasteiger partial charge in [0.25, 0.3) is 0 Å². The summed E-state index contributed by atoms with van der Waals surface area (Å²) in [7, 11) is 0. The van der Waals surface area contributed by atoms with E-state index >= 15 is 0 Å². The molecule has 0 saturated carbocycles. The lowest BCUT2D eigenvalue weighted by Gasteiger charge is -2.22. The molecule has 0 aliphatic carbocycles. The summed E-state index contributed by atoms with van der Waals surface area (Å²) in [4.78, 5) is 0. The number of nitrogens with two attached hydrogens (primary N) is 1. The Morgan fingerprint density at radius 2 is 2.29 bits per heavy atom. The zero-order chi connectivity index (χ0) is 9.97. The van der Waals surface area contributed by atoms with E-state index in [1.54, 1.807) is 0 Å². The van der Waals surface area contributed by atoms with Gasteiger partial charge in [-0.05, 0) is 19.8 Å². The molecule has 0 unspecified atom stereocenters. The van der Waals surface area contributed by atoms with Gasteiger partial charge in [-0.25, -0.2) is 0 Å². The SMILES string of the molecule is C[C@@H](N)c1cnn(C2CCOCC2)c1. The number of hydrogen-bond donors (Lipinski definition) is 1. The average Bonchev–Trinajstić information content (AvgIpc) is 2.68. The van der Waals surface area contributed by atoms with Crippen LogP contribution in [0.4, 0.5) is 0 Å². The van der Waals surface area contributed by atoms with Crippen LogP contribution in [0.1, 0.15) is 37.4 Å². The third-order valence-corrected chi connectivity index (χ3v) is 2.71. The highest BCUT2D eigenvalue weighted by Gasteiger charge is 2.16. The van der Waals surface area contributed by atoms with Gasteiger partial charge in [-0.1, -0.05) is 0 Å². The first-order chi connectivity index (χ1) is 6.77. The van der Waals surface area contributed by atoms with Gasteiger partial charge in [0.05, 0.1) is 12.2 Å². The van der Waals surface area contributed by atoms with Crippen molar-refractivity contribution >= 4 is 0 Å². The van der Waals surface area contributed by atoms with E-state index in [1.807, 2.05) is 17.8 Å². The Kier molecular flexibility index (Phi) is 2.84. The molecule has 1 fully saturated rings. The molecule has 14 heavy (non-hydrogen) atoms. The molecular formula is C10H17N3O. The van der Waals surface area contributed by atoms with Crippen LogP contribution in [0.2, 0.25) is 0 Å². The molecule has 1 aromatic rings. The Labute approximate surface area is 84.0 Å². The van der Waals surface area contributed by atoms with E-state index in [9.17, 15) is 0 Å². The summed E-state index contributed by atoms with van der Waals surface area (Å²) in [5.74, 6) is 0. The van der Waals surface area contributed by atoms with E-state index in [4.69, 9.17) is 10.5 Å². The minimum Gasteiger partial charge on any atom is -0.381 e. The van der Waals surface area contributed by atoms with Crippen molar-refractivity contribution in [2.45, 2.75) is 31.8 Å². The Morgan fingerprint density at radius 3 is 2.86 bits per heavy atom. The second kappa shape index (κ2) is 4.11. The van der Waals surface area contributed by atoms with E-state index in [2.05, 4.69) is 11.3 Å². The first kappa shape index (κ1) is 9.68. The molecule has 0 aromatic carbocycles. The maximum atomic E-state index is 5.78. The van der Waals surface area contributed by atoms with Crippen molar-refractivity contribution < 1.29 is 4.74 Å².